The van der Waals surface area contributed by atoms with Gasteiger partial charge in [-0.1, -0.05) is 12.1 Å². The highest BCUT2D eigenvalue weighted by Crippen LogP contribution is 2.28. The van der Waals surface area contributed by atoms with Gasteiger partial charge in [-0.15, -0.1) is 0 Å². The molecule has 0 aliphatic carbocycles. The zero-order chi connectivity index (χ0) is 15.6. The molecule has 0 unspecified atom stereocenters. The van der Waals surface area contributed by atoms with Gasteiger partial charge in [0.15, 0.2) is 0 Å². The van der Waals surface area contributed by atoms with E-state index in [4.69, 9.17) is 5.73 Å². The number of amides is 1. The zero-order valence-electron chi connectivity index (χ0n) is 10.5. The molecule has 3 N–H and O–H groups in total. The lowest BCUT2D eigenvalue weighted by Crippen LogP contribution is -2.16. The molecule has 0 radical (unpaired) electrons. The second-order valence-electron chi connectivity index (χ2n) is 4.05. The summed E-state index contributed by atoms with van der Waals surface area (Å²) in [5.74, 6) is -1.37. The fraction of sp³-hybridized carbons (Fsp3) is 0. The van der Waals surface area contributed by atoms with Crippen molar-refractivity contribution in [1.82, 2.24) is 0 Å². The average Bonchev–Trinajstić information content (AvgIpc) is 2.42. The minimum Gasteiger partial charge on any atom is -0.393 e. The van der Waals surface area contributed by atoms with E-state index < -0.39 is 16.6 Å². The number of nitro groups is 1. The lowest BCUT2D eigenvalue weighted by atomic mass is 10.1. The normalized spacial score (nSPS) is 10.2. The van der Waals surface area contributed by atoms with Crippen molar-refractivity contribution in [3.8, 4) is 0 Å². The Morgan fingerprint density at radius 3 is 2.57 bits per heavy atom. The van der Waals surface area contributed by atoms with Crippen LogP contribution in [0.25, 0.3) is 0 Å². The summed E-state index contributed by atoms with van der Waals surface area (Å²) in [6.07, 6.45) is 0. The van der Waals surface area contributed by atoms with E-state index in [0.717, 1.165) is 0 Å². The quantitative estimate of drug-likeness (QED) is 0.502. The molecular weight excluding hydrogens is 345 g/mol. The van der Waals surface area contributed by atoms with E-state index in [-0.39, 0.29) is 22.6 Å². The van der Waals surface area contributed by atoms with Crippen LogP contribution in [-0.2, 0) is 0 Å². The summed E-state index contributed by atoms with van der Waals surface area (Å²) in [5.41, 5.74) is 4.80. The molecule has 21 heavy (non-hydrogen) atoms. The monoisotopic (exact) mass is 353 g/mol. The number of para-hydroxylation sites is 2. The number of nitrogens with zero attached hydrogens (tertiary/aromatic N) is 1. The van der Waals surface area contributed by atoms with Gasteiger partial charge in [-0.3, -0.25) is 14.9 Å². The maximum atomic E-state index is 13.7. The summed E-state index contributed by atoms with van der Waals surface area (Å²) in [4.78, 5) is 22.2. The number of carbonyl (C=O) groups excluding carboxylic acids is 1. The number of nitrogens with two attached hydrogens (primary N) is 1. The fourth-order valence-electron chi connectivity index (χ4n) is 1.71. The number of hydrogen-bond acceptors (Lipinski definition) is 4. The Morgan fingerprint density at radius 1 is 1.29 bits per heavy atom. The largest absolute Gasteiger partial charge is 0.393 e. The van der Waals surface area contributed by atoms with Crippen LogP contribution >= 0.6 is 15.9 Å². The number of benzene rings is 2. The molecule has 6 nitrogen and oxygen atoms in total. The van der Waals surface area contributed by atoms with Gasteiger partial charge in [0.1, 0.15) is 11.5 Å². The van der Waals surface area contributed by atoms with Gasteiger partial charge in [0.2, 0.25) is 0 Å². The molecule has 1 amide bonds. The number of hydrogen-bond donors (Lipinski definition) is 2. The molecule has 0 aliphatic rings. The zero-order valence-corrected chi connectivity index (χ0v) is 12.1. The van der Waals surface area contributed by atoms with Gasteiger partial charge in [0.25, 0.3) is 11.6 Å². The number of halogens is 2. The summed E-state index contributed by atoms with van der Waals surface area (Å²) in [6, 6.07) is 8.04. The molecule has 8 heteroatoms. The van der Waals surface area contributed by atoms with E-state index in [1.807, 2.05) is 0 Å². The van der Waals surface area contributed by atoms with E-state index >= 15 is 0 Å². The van der Waals surface area contributed by atoms with Crippen LogP contribution < -0.4 is 11.1 Å². The second-order valence-corrected chi connectivity index (χ2v) is 4.90. The Bertz CT molecular complexity index is 716. The summed E-state index contributed by atoms with van der Waals surface area (Å²) in [7, 11) is 0. The average molecular weight is 354 g/mol. The first-order valence-electron chi connectivity index (χ1n) is 5.70. The van der Waals surface area contributed by atoms with E-state index in [1.165, 1.54) is 30.3 Å². The third kappa shape index (κ3) is 3.00. The predicted octanol–water partition coefficient (Wildman–Crippen LogP) is 3.33. The van der Waals surface area contributed by atoms with Crippen molar-refractivity contribution >= 4 is 38.9 Å². The van der Waals surface area contributed by atoms with Gasteiger partial charge in [-0.25, -0.2) is 4.39 Å². The molecular formula is C13H9BrFN3O3. The minimum absolute atomic E-state index is 0.0617. The summed E-state index contributed by atoms with van der Waals surface area (Å²) in [5, 5.41) is 13.1. The lowest BCUT2D eigenvalue weighted by Gasteiger charge is -2.10. The van der Waals surface area contributed by atoms with Gasteiger partial charge in [0.05, 0.1) is 16.2 Å². The van der Waals surface area contributed by atoms with Crippen molar-refractivity contribution in [2.45, 2.75) is 0 Å². The predicted molar refractivity (Wildman–Crippen MR) is 79.6 cm³/mol. The number of anilines is 2. The maximum absolute atomic E-state index is 13.7. The molecule has 0 spiro atoms. The van der Waals surface area contributed by atoms with Crippen LogP contribution in [0.15, 0.2) is 40.9 Å². The van der Waals surface area contributed by atoms with Gasteiger partial charge >= 0.3 is 0 Å². The highest BCUT2D eigenvalue weighted by atomic mass is 79.9. The van der Waals surface area contributed by atoms with Crippen molar-refractivity contribution in [3.63, 3.8) is 0 Å². The summed E-state index contributed by atoms with van der Waals surface area (Å²) in [6.45, 7) is 0. The van der Waals surface area contributed by atoms with Gasteiger partial charge in [-0.2, -0.15) is 0 Å². The van der Waals surface area contributed by atoms with Crippen molar-refractivity contribution in [2.24, 2.45) is 0 Å². The van der Waals surface area contributed by atoms with Crippen LogP contribution in [0, 0.1) is 15.9 Å². The van der Waals surface area contributed by atoms with Gasteiger partial charge in [-0.05, 0) is 34.1 Å². The molecule has 0 atom stereocenters. The van der Waals surface area contributed by atoms with E-state index in [1.54, 1.807) is 6.07 Å². The third-order valence-corrected chi connectivity index (χ3v) is 3.39. The van der Waals surface area contributed by atoms with E-state index in [2.05, 4.69) is 21.2 Å². The Kier molecular flexibility index (Phi) is 4.18. The fourth-order valence-corrected chi connectivity index (χ4v) is 2.15. The molecule has 0 saturated heterocycles. The molecule has 0 aliphatic heterocycles. The molecule has 2 aromatic carbocycles. The van der Waals surface area contributed by atoms with Crippen molar-refractivity contribution in [2.75, 3.05) is 11.1 Å². The number of nitro benzene ring substituents is 1. The second kappa shape index (κ2) is 5.88. The number of nitrogen functional groups attached to an aromatic ring is 1. The number of rotatable bonds is 3. The standard InChI is InChI=1S/C13H9BrFN3O3/c14-8-4-2-5-9(15)12(8)17-13(19)7-3-1-6-10(11(7)16)18(20)21/h1-6H,16H2,(H,17,19). The highest BCUT2D eigenvalue weighted by Gasteiger charge is 2.20. The maximum Gasteiger partial charge on any atom is 0.292 e. The van der Waals surface area contributed by atoms with E-state index in [9.17, 15) is 19.3 Å². The lowest BCUT2D eigenvalue weighted by molar-refractivity contribution is -0.383. The molecule has 2 rings (SSSR count). The van der Waals surface area contributed by atoms with Crippen LogP contribution in [0.5, 0.6) is 0 Å². The molecule has 2 aromatic rings. The molecule has 108 valence electrons. The van der Waals surface area contributed by atoms with Crippen molar-refractivity contribution < 1.29 is 14.1 Å². The molecule has 0 saturated carbocycles. The number of nitrogens with one attached hydrogen (secondary N) is 1. The topological polar surface area (TPSA) is 98.3 Å². The first-order chi connectivity index (χ1) is 9.91. The first kappa shape index (κ1) is 14.9. The molecule has 0 heterocycles. The van der Waals surface area contributed by atoms with Crippen LogP contribution in [0.1, 0.15) is 10.4 Å². The highest BCUT2D eigenvalue weighted by molar-refractivity contribution is 9.10. The SMILES string of the molecule is Nc1c(C(=O)Nc2c(F)cccc2Br)cccc1[N+](=O)[O-]. The molecule has 0 fully saturated rings. The minimum atomic E-state index is -0.734. The number of carbonyl (C=O) groups is 1. The van der Waals surface area contributed by atoms with E-state index in [0.29, 0.717) is 4.47 Å². The summed E-state index contributed by atoms with van der Waals surface area (Å²) >= 11 is 3.11. The Labute approximate surface area is 127 Å². The van der Waals surface area contributed by atoms with Gasteiger partial charge < -0.3 is 11.1 Å². The van der Waals surface area contributed by atoms with Crippen molar-refractivity contribution in [1.29, 1.82) is 0 Å². The first-order valence-corrected chi connectivity index (χ1v) is 6.49. The Hall–Kier alpha value is -2.48. The van der Waals surface area contributed by atoms with Crippen molar-refractivity contribution in [3.05, 3.63) is 62.4 Å². The molecule has 0 aromatic heterocycles. The van der Waals surface area contributed by atoms with Crippen LogP contribution in [-0.4, -0.2) is 10.8 Å². The van der Waals surface area contributed by atoms with Crippen LogP contribution in [0.3, 0.4) is 0 Å². The Morgan fingerprint density at radius 2 is 1.95 bits per heavy atom. The molecule has 0 bridgehead atoms. The van der Waals surface area contributed by atoms with Gasteiger partial charge in [0, 0.05) is 10.5 Å². The Balaban J connectivity index is 2.38. The third-order valence-electron chi connectivity index (χ3n) is 2.73. The van der Waals surface area contributed by atoms with Crippen LogP contribution in [0.4, 0.5) is 21.5 Å². The smallest absolute Gasteiger partial charge is 0.292 e. The summed E-state index contributed by atoms with van der Waals surface area (Å²) < 4.78 is 14.0. The van der Waals surface area contributed by atoms with Crippen LogP contribution in [0.2, 0.25) is 0 Å².